The van der Waals surface area contributed by atoms with Crippen molar-refractivity contribution in [2.75, 3.05) is 19.5 Å². The Bertz CT molecular complexity index is 812. The van der Waals surface area contributed by atoms with E-state index >= 15 is 0 Å². The van der Waals surface area contributed by atoms with Gasteiger partial charge < -0.3 is 19.6 Å². The number of carbonyl (C=O) groups excluding carboxylic acids is 1. The lowest BCUT2D eigenvalue weighted by Gasteiger charge is -2.12. The first-order valence-electron chi connectivity index (χ1n) is 7.61. The van der Waals surface area contributed by atoms with Gasteiger partial charge in [0.1, 0.15) is 0 Å². The standard InChI is InChI=1S/C18H18Cl2N2O4/c1-11(18(23)22-15-9-13(19)5-6-14(15)20)26-21-10-12-4-7-16(24-2)17(8-12)25-3/h4-11H,1-3H3,(H,22,23)/b21-10-/t11-/m0/s1. The second kappa shape index (κ2) is 9.31. The predicted molar refractivity (Wildman–Crippen MR) is 103 cm³/mol. The van der Waals surface area contributed by atoms with E-state index in [4.69, 9.17) is 37.5 Å². The summed E-state index contributed by atoms with van der Waals surface area (Å²) in [5.74, 6) is 0.771. The number of ether oxygens (including phenoxy) is 2. The van der Waals surface area contributed by atoms with E-state index in [1.807, 2.05) is 0 Å². The van der Waals surface area contributed by atoms with Gasteiger partial charge in [0.25, 0.3) is 5.91 Å². The fraction of sp³-hybridized carbons (Fsp3) is 0.222. The number of anilines is 1. The van der Waals surface area contributed by atoms with Crippen LogP contribution in [0.1, 0.15) is 12.5 Å². The molecule has 6 nitrogen and oxygen atoms in total. The number of nitrogens with zero attached hydrogens (tertiary/aromatic N) is 1. The number of methoxy groups -OCH3 is 2. The minimum atomic E-state index is -0.832. The summed E-state index contributed by atoms with van der Waals surface area (Å²) in [7, 11) is 3.10. The third-order valence-electron chi connectivity index (χ3n) is 3.38. The maximum atomic E-state index is 12.2. The van der Waals surface area contributed by atoms with Crippen molar-refractivity contribution in [1.29, 1.82) is 0 Å². The number of rotatable bonds is 7. The van der Waals surface area contributed by atoms with Crippen molar-refractivity contribution < 1.29 is 19.1 Å². The molecule has 26 heavy (non-hydrogen) atoms. The van der Waals surface area contributed by atoms with Gasteiger partial charge in [0, 0.05) is 10.6 Å². The first-order chi connectivity index (χ1) is 12.4. The van der Waals surface area contributed by atoms with Crippen molar-refractivity contribution >= 4 is 41.0 Å². The molecule has 0 spiro atoms. The SMILES string of the molecule is COc1ccc(/C=N\O[C@@H](C)C(=O)Nc2cc(Cl)ccc2Cl)cc1OC. The van der Waals surface area contributed by atoms with Crippen LogP contribution in [0.5, 0.6) is 11.5 Å². The molecule has 0 fully saturated rings. The Hall–Kier alpha value is -2.44. The van der Waals surface area contributed by atoms with Crippen LogP contribution >= 0.6 is 23.2 Å². The number of hydrogen-bond acceptors (Lipinski definition) is 5. The first-order valence-corrected chi connectivity index (χ1v) is 8.37. The average molecular weight is 397 g/mol. The van der Waals surface area contributed by atoms with E-state index in [-0.39, 0.29) is 0 Å². The molecule has 0 unspecified atom stereocenters. The molecule has 2 aromatic carbocycles. The minimum Gasteiger partial charge on any atom is -0.493 e. The van der Waals surface area contributed by atoms with Crippen molar-refractivity contribution in [1.82, 2.24) is 0 Å². The van der Waals surface area contributed by atoms with Crippen LogP contribution in [-0.2, 0) is 9.63 Å². The summed E-state index contributed by atoms with van der Waals surface area (Å²) in [5, 5.41) is 7.32. The lowest BCUT2D eigenvalue weighted by atomic mass is 10.2. The second-order valence-corrected chi connectivity index (χ2v) is 6.05. The topological polar surface area (TPSA) is 69.2 Å². The molecular weight excluding hydrogens is 379 g/mol. The van der Waals surface area contributed by atoms with Gasteiger partial charge in [-0.2, -0.15) is 0 Å². The quantitative estimate of drug-likeness (QED) is 0.556. The van der Waals surface area contributed by atoms with Crippen LogP contribution in [0.15, 0.2) is 41.6 Å². The molecule has 1 amide bonds. The molecule has 1 atom stereocenters. The van der Waals surface area contributed by atoms with Crippen molar-refractivity contribution in [3.8, 4) is 11.5 Å². The average Bonchev–Trinajstić information content (AvgIpc) is 2.64. The summed E-state index contributed by atoms with van der Waals surface area (Å²) in [6, 6.07) is 10.1. The zero-order chi connectivity index (χ0) is 19.1. The Balaban J connectivity index is 1.97. The van der Waals surface area contributed by atoms with Crippen LogP contribution < -0.4 is 14.8 Å². The molecule has 2 aromatic rings. The van der Waals surface area contributed by atoms with Crippen LogP contribution in [0.4, 0.5) is 5.69 Å². The molecule has 1 N–H and O–H groups in total. The highest BCUT2D eigenvalue weighted by Crippen LogP contribution is 2.27. The number of carbonyl (C=O) groups is 1. The van der Waals surface area contributed by atoms with Gasteiger partial charge in [0.15, 0.2) is 11.5 Å². The van der Waals surface area contributed by atoms with Crippen molar-refractivity contribution in [3.05, 3.63) is 52.0 Å². The second-order valence-electron chi connectivity index (χ2n) is 5.21. The number of amides is 1. The number of nitrogens with one attached hydrogen (secondary N) is 1. The van der Waals surface area contributed by atoms with E-state index in [0.717, 1.165) is 5.56 Å². The molecular formula is C18H18Cl2N2O4. The maximum absolute atomic E-state index is 12.2. The highest BCUT2D eigenvalue weighted by Gasteiger charge is 2.16. The molecule has 0 saturated carbocycles. The van der Waals surface area contributed by atoms with E-state index in [1.54, 1.807) is 57.5 Å². The third kappa shape index (κ3) is 5.28. The van der Waals surface area contributed by atoms with Crippen LogP contribution in [0.3, 0.4) is 0 Å². The van der Waals surface area contributed by atoms with Crippen molar-refractivity contribution in [2.24, 2.45) is 5.16 Å². The van der Waals surface area contributed by atoms with Gasteiger partial charge in [0.2, 0.25) is 6.10 Å². The van der Waals surface area contributed by atoms with E-state index in [0.29, 0.717) is 27.2 Å². The van der Waals surface area contributed by atoms with Gasteiger partial charge in [-0.25, -0.2) is 0 Å². The molecule has 0 saturated heterocycles. The van der Waals surface area contributed by atoms with Gasteiger partial charge in [-0.05, 0) is 43.3 Å². The van der Waals surface area contributed by atoms with Crippen LogP contribution in [0.2, 0.25) is 10.0 Å². The maximum Gasteiger partial charge on any atom is 0.268 e. The molecule has 0 aromatic heterocycles. The highest BCUT2D eigenvalue weighted by molar-refractivity contribution is 6.35. The molecule has 0 heterocycles. The van der Waals surface area contributed by atoms with Gasteiger partial charge >= 0.3 is 0 Å². The predicted octanol–water partition coefficient (Wildman–Crippen LogP) is 4.39. The summed E-state index contributed by atoms with van der Waals surface area (Å²) >= 11 is 11.9. The summed E-state index contributed by atoms with van der Waals surface area (Å²) in [4.78, 5) is 17.3. The van der Waals surface area contributed by atoms with Crippen LogP contribution in [-0.4, -0.2) is 32.4 Å². The molecule has 0 aliphatic heterocycles. The summed E-state index contributed by atoms with van der Waals surface area (Å²) in [6.07, 6.45) is 0.638. The first kappa shape index (κ1) is 19.9. The minimum absolute atomic E-state index is 0.378. The van der Waals surface area contributed by atoms with E-state index in [2.05, 4.69) is 10.5 Å². The zero-order valence-electron chi connectivity index (χ0n) is 14.5. The Morgan fingerprint density at radius 2 is 1.85 bits per heavy atom. The summed E-state index contributed by atoms with van der Waals surface area (Å²) in [5.41, 5.74) is 1.14. The highest BCUT2D eigenvalue weighted by atomic mass is 35.5. The largest absolute Gasteiger partial charge is 0.493 e. The molecule has 0 radical (unpaired) electrons. The van der Waals surface area contributed by atoms with Gasteiger partial charge in [-0.1, -0.05) is 28.4 Å². The van der Waals surface area contributed by atoms with Crippen LogP contribution in [0.25, 0.3) is 0 Å². The molecule has 8 heteroatoms. The lowest BCUT2D eigenvalue weighted by molar-refractivity contribution is -0.126. The normalized spacial score (nSPS) is 11.9. The zero-order valence-corrected chi connectivity index (χ0v) is 16.0. The van der Waals surface area contributed by atoms with E-state index in [1.165, 1.54) is 6.21 Å². The third-order valence-corrected chi connectivity index (χ3v) is 3.95. The van der Waals surface area contributed by atoms with E-state index in [9.17, 15) is 4.79 Å². The summed E-state index contributed by atoms with van der Waals surface area (Å²) in [6.45, 7) is 1.57. The smallest absolute Gasteiger partial charge is 0.268 e. The van der Waals surface area contributed by atoms with Gasteiger partial charge in [-0.3, -0.25) is 4.79 Å². The number of oxime groups is 1. The Morgan fingerprint density at radius 1 is 1.12 bits per heavy atom. The molecule has 2 rings (SSSR count). The lowest BCUT2D eigenvalue weighted by Crippen LogP contribution is -2.26. The molecule has 0 aliphatic carbocycles. The fourth-order valence-corrected chi connectivity index (χ4v) is 2.33. The molecule has 138 valence electrons. The Kier molecular flexibility index (Phi) is 7.12. The van der Waals surface area contributed by atoms with Gasteiger partial charge in [0.05, 0.1) is 31.1 Å². The number of benzene rings is 2. The monoisotopic (exact) mass is 396 g/mol. The van der Waals surface area contributed by atoms with Crippen LogP contribution in [0, 0.1) is 0 Å². The Morgan fingerprint density at radius 3 is 2.54 bits per heavy atom. The van der Waals surface area contributed by atoms with Crippen molar-refractivity contribution in [3.63, 3.8) is 0 Å². The molecule has 0 aliphatic rings. The molecule has 0 bridgehead atoms. The fourth-order valence-electron chi connectivity index (χ4n) is 1.99. The Labute approximate surface area is 161 Å². The summed E-state index contributed by atoms with van der Waals surface area (Å²) < 4.78 is 10.4. The van der Waals surface area contributed by atoms with E-state index < -0.39 is 12.0 Å². The van der Waals surface area contributed by atoms with Gasteiger partial charge in [-0.15, -0.1) is 0 Å². The van der Waals surface area contributed by atoms with Crippen molar-refractivity contribution in [2.45, 2.75) is 13.0 Å². The number of halogens is 2. The number of hydrogen-bond donors (Lipinski definition) is 1.